The molecule has 3 rings (SSSR count). The number of aromatic nitrogens is 1. The Balaban J connectivity index is 1.73. The van der Waals surface area contributed by atoms with E-state index in [0.29, 0.717) is 17.3 Å². The molecular weight excluding hydrogens is 324 g/mol. The van der Waals surface area contributed by atoms with Crippen LogP contribution in [0.25, 0.3) is 10.2 Å². The number of rotatable bonds is 6. The molecule has 0 saturated heterocycles. The molecule has 2 aromatic carbocycles. The van der Waals surface area contributed by atoms with Crippen LogP contribution in [0.15, 0.2) is 42.5 Å². The second-order valence-corrected chi connectivity index (χ2v) is 6.25. The van der Waals surface area contributed by atoms with Gasteiger partial charge in [0, 0.05) is 12.2 Å². The Bertz CT molecular complexity index is 843. The summed E-state index contributed by atoms with van der Waals surface area (Å²) in [6.07, 6.45) is 0. The molecule has 0 saturated carbocycles. The lowest BCUT2D eigenvalue weighted by Crippen LogP contribution is -2.11. The largest absolute Gasteiger partial charge is 0.468 e. The highest BCUT2D eigenvalue weighted by Gasteiger charge is 2.10. The normalized spacial score (nSPS) is 10.8. The molecule has 3 aromatic rings. The van der Waals surface area contributed by atoms with Gasteiger partial charge in [-0.2, -0.15) is 0 Å². The molecule has 0 aliphatic heterocycles. The van der Waals surface area contributed by atoms with Crippen LogP contribution in [0, 0.1) is 6.92 Å². The smallest absolute Gasteiger partial charge is 0.257 e. The van der Waals surface area contributed by atoms with Crippen LogP contribution in [0.1, 0.15) is 22.8 Å². The van der Waals surface area contributed by atoms with Gasteiger partial charge in [-0.25, -0.2) is 4.98 Å². The van der Waals surface area contributed by atoms with Crippen LogP contribution < -0.4 is 10.1 Å². The summed E-state index contributed by atoms with van der Waals surface area (Å²) in [5, 5.41) is 3.41. The molecule has 5 nitrogen and oxygen atoms in total. The number of anilines is 1. The second kappa shape index (κ2) is 7.42. The number of carbonyl (C=O) groups is 1. The fourth-order valence-electron chi connectivity index (χ4n) is 2.12. The lowest BCUT2D eigenvalue weighted by Gasteiger charge is -2.04. The molecule has 0 spiro atoms. The molecule has 0 aliphatic carbocycles. The molecule has 1 amide bonds. The van der Waals surface area contributed by atoms with Gasteiger partial charge >= 0.3 is 0 Å². The van der Waals surface area contributed by atoms with Gasteiger partial charge in [0.1, 0.15) is 5.75 Å². The Morgan fingerprint density at radius 2 is 2.00 bits per heavy atom. The lowest BCUT2D eigenvalue weighted by atomic mass is 10.1. The van der Waals surface area contributed by atoms with Crippen LogP contribution in [0.2, 0.25) is 0 Å². The van der Waals surface area contributed by atoms with Crippen molar-refractivity contribution in [2.75, 3.05) is 18.7 Å². The molecule has 0 fully saturated rings. The van der Waals surface area contributed by atoms with Crippen LogP contribution in [0.4, 0.5) is 5.13 Å². The highest BCUT2D eigenvalue weighted by Crippen LogP contribution is 2.29. The first kappa shape index (κ1) is 16.4. The average molecular weight is 342 g/mol. The number of fused-ring (bicyclic) bond motifs is 1. The molecule has 0 aliphatic rings. The van der Waals surface area contributed by atoms with Crippen molar-refractivity contribution in [1.29, 1.82) is 0 Å². The van der Waals surface area contributed by atoms with Gasteiger partial charge in [0.25, 0.3) is 5.91 Å². The molecule has 1 N–H and O–H groups in total. The van der Waals surface area contributed by atoms with Gasteiger partial charge in [0.15, 0.2) is 11.9 Å². The maximum absolute atomic E-state index is 12.3. The van der Waals surface area contributed by atoms with Crippen molar-refractivity contribution in [2.45, 2.75) is 13.8 Å². The zero-order valence-corrected chi connectivity index (χ0v) is 14.4. The first-order chi connectivity index (χ1) is 11.7. The second-order valence-electron chi connectivity index (χ2n) is 5.22. The van der Waals surface area contributed by atoms with E-state index in [1.54, 1.807) is 12.1 Å². The fraction of sp³-hybridized carbons (Fsp3) is 0.222. The Morgan fingerprint density at radius 1 is 1.21 bits per heavy atom. The Labute approximate surface area is 144 Å². The summed E-state index contributed by atoms with van der Waals surface area (Å²) in [5.74, 6) is 0.554. The van der Waals surface area contributed by atoms with E-state index in [9.17, 15) is 4.79 Å². The third-order valence-electron chi connectivity index (χ3n) is 3.41. The molecule has 0 atom stereocenters. The quantitative estimate of drug-likeness (QED) is 0.538. The third kappa shape index (κ3) is 3.90. The van der Waals surface area contributed by atoms with E-state index in [1.165, 1.54) is 11.3 Å². The Hall–Kier alpha value is -2.44. The number of thiazole rings is 1. The zero-order valence-electron chi connectivity index (χ0n) is 13.5. The Morgan fingerprint density at radius 3 is 2.75 bits per heavy atom. The van der Waals surface area contributed by atoms with Crippen LogP contribution in [-0.4, -0.2) is 24.3 Å². The summed E-state index contributed by atoms with van der Waals surface area (Å²) in [4.78, 5) is 16.7. The van der Waals surface area contributed by atoms with E-state index >= 15 is 0 Å². The van der Waals surface area contributed by atoms with Gasteiger partial charge in [0.2, 0.25) is 0 Å². The van der Waals surface area contributed by atoms with Gasteiger partial charge < -0.3 is 9.47 Å². The van der Waals surface area contributed by atoms with Crippen LogP contribution in [-0.2, 0) is 4.74 Å². The lowest BCUT2D eigenvalue weighted by molar-refractivity contribution is 0.0225. The number of hydrogen-bond acceptors (Lipinski definition) is 5. The van der Waals surface area contributed by atoms with Crippen molar-refractivity contribution in [3.63, 3.8) is 0 Å². The van der Waals surface area contributed by atoms with Gasteiger partial charge in [-0.15, -0.1) is 0 Å². The predicted molar refractivity (Wildman–Crippen MR) is 95.9 cm³/mol. The van der Waals surface area contributed by atoms with Gasteiger partial charge in [-0.1, -0.05) is 29.0 Å². The van der Waals surface area contributed by atoms with E-state index in [1.807, 2.05) is 44.2 Å². The van der Waals surface area contributed by atoms with Crippen LogP contribution in [0.5, 0.6) is 5.75 Å². The van der Waals surface area contributed by atoms with Crippen molar-refractivity contribution in [3.05, 3.63) is 53.6 Å². The standard InChI is InChI=1S/C18H18N2O3S/c1-3-22-11-23-14-8-9-15-16(10-14)24-18(19-15)20-17(21)13-6-4-12(2)5-7-13/h4-10H,3,11H2,1-2H3,(H,19,20,21). The maximum atomic E-state index is 12.3. The minimum atomic E-state index is -0.165. The molecule has 0 bridgehead atoms. The van der Waals surface area contributed by atoms with Crippen LogP contribution in [0.3, 0.4) is 0 Å². The molecule has 0 radical (unpaired) electrons. The summed E-state index contributed by atoms with van der Waals surface area (Å²) in [7, 11) is 0. The number of nitrogens with one attached hydrogen (secondary N) is 1. The monoisotopic (exact) mass is 342 g/mol. The number of nitrogens with zero attached hydrogens (tertiary/aromatic N) is 1. The number of carbonyl (C=O) groups excluding carboxylic acids is 1. The summed E-state index contributed by atoms with van der Waals surface area (Å²) in [6, 6.07) is 13.0. The first-order valence-corrected chi connectivity index (χ1v) is 8.46. The summed E-state index contributed by atoms with van der Waals surface area (Å²) < 4.78 is 11.6. The topological polar surface area (TPSA) is 60.5 Å². The molecular formula is C18H18N2O3S. The highest BCUT2D eigenvalue weighted by atomic mass is 32.1. The van der Waals surface area contributed by atoms with Crippen molar-refractivity contribution in [3.8, 4) is 5.75 Å². The highest BCUT2D eigenvalue weighted by molar-refractivity contribution is 7.22. The van der Waals surface area contributed by atoms with E-state index in [0.717, 1.165) is 21.5 Å². The number of hydrogen-bond donors (Lipinski definition) is 1. The summed E-state index contributed by atoms with van der Waals surface area (Å²) in [5.41, 5.74) is 2.55. The summed E-state index contributed by atoms with van der Waals surface area (Å²) in [6.45, 7) is 4.73. The third-order valence-corrected chi connectivity index (χ3v) is 4.34. The first-order valence-electron chi connectivity index (χ1n) is 7.65. The maximum Gasteiger partial charge on any atom is 0.257 e. The van der Waals surface area contributed by atoms with Crippen molar-refractivity contribution >= 4 is 32.6 Å². The van der Waals surface area contributed by atoms with Crippen LogP contribution >= 0.6 is 11.3 Å². The van der Waals surface area contributed by atoms with Crippen molar-refractivity contribution in [2.24, 2.45) is 0 Å². The Kier molecular flexibility index (Phi) is 5.08. The van der Waals surface area contributed by atoms with Gasteiger partial charge in [-0.3, -0.25) is 10.1 Å². The number of benzene rings is 2. The summed E-state index contributed by atoms with van der Waals surface area (Å²) >= 11 is 1.41. The zero-order chi connectivity index (χ0) is 16.9. The van der Waals surface area contributed by atoms with E-state index in [4.69, 9.17) is 9.47 Å². The number of aryl methyl sites for hydroxylation is 1. The van der Waals surface area contributed by atoms with Gasteiger partial charge in [-0.05, 0) is 44.2 Å². The SMILES string of the molecule is CCOCOc1ccc2nc(NC(=O)c3ccc(C)cc3)sc2c1. The average Bonchev–Trinajstić information content (AvgIpc) is 2.97. The molecule has 124 valence electrons. The number of amides is 1. The fourth-order valence-corrected chi connectivity index (χ4v) is 3.00. The molecule has 0 unspecified atom stereocenters. The molecule has 1 aromatic heterocycles. The molecule has 1 heterocycles. The molecule has 24 heavy (non-hydrogen) atoms. The van der Waals surface area contributed by atoms with Crippen molar-refractivity contribution in [1.82, 2.24) is 4.98 Å². The van der Waals surface area contributed by atoms with Gasteiger partial charge in [0.05, 0.1) is 10.2 Å². The van der Waals surface area contributed by atoms with E-state index in [-0.39, 0.29) is 12.7 Å². The molecule has 6 heteroatoms. The predicted octanol–water partition coefficient (Wildman–Crippen LogP) is 4.23. The number of ether oxygens (including phenoxy) is 2. The van der Waals surface area contributed by atoms with Crippen molar-refractivity contribution < 1.29 is 14.3 Å². The van der Waals surface area contributed by atoms with E-state index < -0.39 is 0 Å². The minimum absolute atomic E-state index is 0.165. The van der Waals surface area contributed by atoms with E-state index in [2.05, 4.69) is 10.3 Å². The minimum Gasteiger partial charge on any atom is -0.468 e.